The zero-order valence-corrected chi connectivity index (χ0v) is 15.8. The molecule has 6 nitrogen and oxygen atoms in total. The molecule has 0 bridgehead atoms. The van der Waals surface area contributed by atoms with Crippen LogP contribution in [-0.2, 0) is 20.7 Å². The SMILES string of the molecule is CC(=O)NC(Cc1c[nH]c2ccccc12)C(=O)NCCCCOC(C)C. The molecule has 1 aromatic carbocycles. The second-order valence-corrected chi connectivity index (χ2v) is 6.73. The maximum Gasteiger partial charge on any atom is 0.242 e. The third-order valence-electron chi connectivity index (χ3n) is 4.11. The minimum absolute atomic E-state index is 0.157. The summed E-state index contributed by atoms with van der Waals surface area (Å²) in [5, 5.41) is 6.75. The third kappa shape index (κ3) is 6.19. The zero-order chi connectivity index (χ0) is 18.9. The summed E-state index contributed by atoms with van der Waals surface area (Å²) in [4.78, 5) is 27.2. The number of hydrogen-bond donors (Lipinski definition) is 3. The van der Waals surface area contributed by atoms with Gasteiger partial charge in [-0.1, -0.05) is 18.2 Å². The van der Waals surface area contributed by atoms with Crippen molar-refractivity contribution in [3.05, 3.63) is 36.0 Å². The van der Waals surface area contributed by atoms with Crippen LogP contribution >= 0.6 is 0 Å². The van der Waals surface area contributed by atoms with Gasteiger partial charge in [0.1, 0.15) is 6.04 Å². The molecule has 26 heavy (non-hydrogen) atoms. The highest BCUT2D eigenvalue weighted by molar-refractivity contribution is 5.89. The van der Waals surface area contributed by atoms with E-state index in [-0.39, 0.29) is 17.9 Å². The van der Waals surface area contributed by atoms with Crippen LogP contribution in [0, 0.1) is 0 Å². The molecule has 2 amide bonds. The summed E-state index contributed by atoms with van der Waals surface area (Å²) >= 11 is 0. The van der Waals surface area contributed by atoms with Gasteiger partial charge in [-0.25, -0.2) is 0 Å². The van der Waals surface area contributed by atoms with Crippen molar-refractivity contribution in [2.45, 2.75) is 52.2 Å². The van der Waals surface area contributed by atoms with E-state index in [0.717, 1.165) is 29.3 Å². The van der Waals surface area contributed by atoms with E-state index in [0.29, 0.717) is 19.6 Å². The van der Waals surface area contributed by atoms with Crippen LogP contribution in [0.4, 0.5) is 0 Å². The minimum Gasteiger partial charge on any atom is -0.379 e. The van der Waals surface area contributed by atoms with E-state index in [1.54, 1.807) is 0 Å². The summed E-state index contributed by atoms with van der Waals surface area (Å²) in [5.74, 6) is -0.370. The number of benzene rings is 1. The fourth-order valence-electron chi connectivity index (χ4n) is 2.86. The predicted octanol–water partition coefficient (Wildman–Crippen LogP) is 2.54. The Hall–Kier alpha value is -2.34. The van der Waals surface area contributed by atoms with Gasteiger partial charge in [-0.05, 0) is 38.3 Å². The molecule has 1 aromatic heterocycles. The second kappa shape index (κ2) is 9.97. The number of ether oxygens (including phenoxy) is 1. The Morgan fingerprint density at radius 3 is 2.69 bits per heavy atom. The number of unbranched alkanes of at least 4 members (excludes halogenated alkanes) is 1. The van der Waals surface area contributed by atoms with Crippen molar-refractivity contribution < 1.29 is 14.3 Å². The number of carbonyl (C=O) groups is 2. The lowest BCUT2D eigenvalue weighted by molar-refractivity contribution is -0.128. The van der Waals surface area contributed by atoms with Crippen molar-refractivity contribution in [2.24, 2.45) is 0 Å². The highest BCUT2D eigenvalue weighted by Gasteiger charge is 2.21. The molecule has 2 aromatic rings. The van der Waals surface area contributed by atoms with Crippen LogP contribution in [0.3, 0.4) is 0 Å². The number of rotatable bonds is 10. The van der Waals surface area contributed by atoms with Gasteiger partial charge in [0.05, 0.1) is 6.10 Å². The molecule has 1 unspecified atom stereocenters. The molecule has 6 heteroatoms. The summed E-state index contributed by atoms with van der Waals surface area (Å²) in [6.07, 6.45) is 4.32. The van der Waals surface area contributed by atoms with Gasteiger partial charge in [-0.3, -0.25) is 9.59 Å². The molecule has 0 saturated heterocycles. The molecule has 2 rings (SSSR count). The van der Waals surface area contributed by atoms with Gasteiger partial charge in [0, 0.05) is 43.6 Å². The molecular formula is C20H29N3O3. The Morgan fingerprint density at radius 2 is 1.96 bits per heavy atom. The molecule has 0 spiro atoms. The van der Waals surface area contributed by atoms with Crippen LogP contribution in [0.2, 0.25) is 0 Å². The van der Waals surface area contributed by atoms with Gasteiger partial charge < -0.3 is 20.4 Å². The van der Waals surface area contributed by atoms with Gasteiger partial charge in [-0.15, -0.1) is 0 Å². The summed E-state index contributed by atoms with van der Waals surface area (Å²) < 4.78 is 5.49. The highest BCUT2D eigenvalue weighted by atomic mass is 16.5. The van der Waals surface area contributed by atoms with Crippen LogP contribution in [0.25, 0.3) is 10.9 Å². The summed E-state index contributed by atoms with van der Waals surface area (Å²) in [7, 11) is 0. The molecule has 0 saturated carbocycles. The average Bonchev–Trinajstić information content (AvgIpc) is 2.99. The second-order valence-electron chi connectivity index (χ2n) is 6.73. The topological polar surface area (TPSA) is 83.2 Å². The molecule has 3 N–H and O–H groups in total. The van der Waals surface area contributed by atoms with E-state index in [1.807, 2.05) is 44.3 Å². The van der Waals surface area contributed by atoms with Crippen molar-refractivity contribution in [2.75, 3.05) is 13.2 Å². The number of fused-ring (bicyclic) bond motifs is 1. The number of para-hydroxylation sites is 1. The largest absolute Gasteiger partial charge is 0.379 e. The minimum atomic E-state index is -0.585. The number of amides is 2. The van der Waals surface area contributed by atoms with Crippen molar-refractivity contribution >= 4 is 22.7 Å². The van der Waals surface area contributed by atoms with Crippen LogP contribution in [-0.4, -0.2) is 42.1 Å². The molecule has 0 fully saturated rings. The number of H-pyrrole nitrogens is 1. The summed E-state index contributed by atoms with van der Waals surface area (Å²) in [6.45, 7) is 6.70. The lowest BCUT2D eigenvalue weighted by atomic mass is 10.0. The van der Waals surface area contributed by atoms with Crippen LogP contribution in [0.15, 0.2) is 30.5 Å². The smallest absolute Gasteiger partial charge is 0.242 e. The fraction of sp³-hybridized carbons (Fsp3) is 0.500. The van der Waals surface area contributed by atoms with Gasteiger partial charge in [0.15, 0.2) is 0 Å². The van der Waals surface area contributed by atoms with Crippen molar-refractivity contribution in [3.63, 3.8) is 0 Å². The first kappa shape index (κ1) is 20.0. The molecule has 142 valence electrons. The van der Waals surface area contributed by atoms with Crippen LogP contribution in [0.5, 0.6) is 0 Å². The molecule has 0 aliphatic rings. The first-order chi connectivity index (χ1) is 12.5. The standard InChI is InChI=1S/C20H29N3O3/c1-14(2)26-11-7-6-10-21-20(25)19(23-15(3)24)12-16-13-22-18-9-5-4-8-17(16)18/h4-5,8-9,13-14,19,22H,6-7,10-12H2,1-3H3,(H,21,25)(H,23,24). The Morgan fingerprint density at radius 1 is 1.19 bits per heavy atom. The van der Waals surface area contributed by atoms with Crippen molar-refractivity contribution in [3.8, 4) is 0 Å². The van der Waals surface area contributed by atoms with E-state index < -0.39 is 6.04 Å². The van der Waals surface area contributed by atoms with Crippen molar-refractivity contribution in [1.82, 2.24) is 15.6 Å². The fourth-order valence-corrected chi connectivity index (χ4v) is 2.86. The van der Waals surface area contributed by atoms with E-state index in [1.165, 1.54) is 6.92 Å². The summed E-state index contributed by atoms with van der Waals surface area (Å²) in [6, 6.07) is 7.35. The van der Waals surface area contributed by atoms with Crippen LogP contribution in [0.1, 0.15) is 39.2 Å². The Labute approximate surface area is 154 Å². The average molecular weight is 359 g/mol. The predicted molar refractivity (Wildman–Crippen MR) is 103 cm³/mol. The van der Waals surface area contributed by atoms with Gasteiger partial charge >= 0.3 is 0 Å². The van der Waals surface area contributed by atoms with E-state index in [4.69, 9.17) is 4.74 Å². The number of nitrogens with one attached hydrogen (secondary N) is 3. The third-order valence-corrected chi connectivity index (χ3v) is 4.11. The highest BCUT2D eigenvalue weighted by Crippen LogP contribution is 2.19. The Bertz CT molecular complexity index is 724. The molecule has 1 heterocycles. The number of carbonyl (C=O) groups excluding carboxylic acids is 2. The lowest BCUT2D eigenvalue weighted by Crippen LogP contribution is -2.47. The number of hydrogen-bond acceptors (Lipinski definition) is 3. The molecule has 1 atom stereocenters. The molecule has 0 aliphatic carbocycles. The van der Waals surface area contributed by atoms with Crippen molar-refractivity contribution in [1.29, 1.82) is 0 Å². The van der Waals surface area contributed by atoms with E-state index in [2.05, 4.69) is 15.6 Å². The van der Waals surface area contributed by atoms with E-state index >= 15 is 0 Å². The summed E-state index contributed by atoms with van der Waals surface area (Å²) in [5.41, 5.74) is 2.04. The maximum absolute atomic E-state index is 12.5. The quantitative estimate of drug-likeness (QED) is 0.570. The maximum atomic E-state index is 12.5. The monoisotopic (exact) mass is 359 g/mol. The van der Waals surface area contributed by atoms with Gasteiger partial charge in [0.25, 0.3) is 0 Å². The van der Waals surface area contributed by atoms with Crippen LogP contribution < -0.4 is 10.6 Å². The number of aromatic nitrogens is 1. The zero-order valence-electron chi connectivity index (χ0n) is 15.8. The Balaban J connectivity index is 1.89. The molecule has 0 radical (unpaired) electrons. The normalized spacial score (nSPS) is 12.3. The Kier molecular flexibility index (Phi) is 7.66. The van der Waals surface area contributed by atoms with Gasteiger partial charge in [0.2, 0.25) is 11.8 Å². The van der Waals surface area contributed by atoms with Gasteiger partial charge in [-0.2, -0.15) is 0 Å². The lowest BCUT2D eigenvalue weighted by Gasteiger charge is -2.17. The number of aromatic amines is 1. The first-order valence-electron chi connectivity index (χ1n) is 9.18. The molecule has 0 aliphatic heterocycles. The van der Waals surface area contributed by atoms with E-state index in [9.17, 15) is 9.59 Å². The molecular weight excluding hydrogens is 330 g/mol. The first-order valence-corrected chi connectivity index (χ1v) is 9.18.